The summed E-state index contributed by atoms with van der Waals surface area (Å²) in [6, 6.07) is 5.09. The molecule has 2 fully saturated rings. The van der Waals surface area contributed by atoms with E-state index in [0.717, 1.165) is 43.0 Å². The van der Waals surface area contributed by atoms with E-state index in [-0.39, 0.29) is 30.0 Å². The highest BCUT2D eigenvalue weighted by atomic mass is 19.4. The maximum Gasteiger partial charge on any atom is 0.416 e. The van der Waals surface area contributed by atoms with E-state index in [9.17, 15) is 22.8 Å². The number of carbonyl (C=O) groups is 2. The normalized spacial score (nSPS) is 18.8. The lowest BCUT2D eigenvalue weighted by molar-refractivity contribution is -0.137. The summed E-state index contributed by atoms with van der Waals surface area (Å²) in [5, 5.41) is 3.31. The number of aryl methyl sites for hydroxylation is 1. The van der Waals surface area contributed by atoms with Gasteiger partial charge in [-0.3, -0.25) is 14.5 Å². The number of halogens is 4. The molecule has 0 saturated carbocycles. The van der Waals surface area contributed by atoms with Crippen LogP contribution in [0.15, 0.2) is 30.3 Å². The number of pyridine rings is 1. The smallest absolute Gasteiger partial charge is 0.370 e. The second-order valence-electron chi connectivity index (χ2n) is 9.75. The van der Waals surface area contributed by atoms with Crippen LogP contribution in [0, 0.1) is 18.7 Å². The molecule has 7 nitrogen and oxygen atoms in total. The van der Waals surface area contributed by atoms with Gasteiger partial charge >= 0.3 is 6.18 Å². The number of piperidine rings is 1. The lowest BCUT2D eigenvalue weighted by atomic mass is 9.97. The second-order valence-corrected chi connectivity index (χ2v) is 9.75. The predicted octanol–water partition coefficient (Wildman–Crippen LogP) is 4.14. The van der Waals surface area contributed by atoms with Crippen LogP contribution in [0.5, 0.6) is 0 Å². The number of carbonyl (C=O) groups excluding carboxylic acids is 2. The van der Waals surface area contributed by atoms with Crippen LogP contribution in [0.25, 0.3) is 0 Å². The van der Waals surface area contributed by atoms with E-state index in [2.05, 4.69) is 10.3 Å². The van der Waals surface area contributed by atoms with E-state index in [4.69, 9.17) is 0 Å². The number of anilines is 3. The predicted molar refractivity (Wildman–Crippen MR) is 133 cm³/mol. The Hall–Kier alpha value is -3.21. The van der Waals surface area contributed by atoms with Crippen LogP contribution in [0.2, 0.25) is 0 Å². The molecule has 1 aromatic carbocycles. The van der Waals surface area contributed by atoms with Gasteiger partial charge in [-0.1, -0.05) is 6.07 Å². The summed E-state index contributed by atoms with van der Waals surface area (Å²) in [6.07, 6.45) is -2.59. The van der Waals surface area contributed by atoms with Crippen LogP contribution in [0.1, 0.15) is 36.9 Å². The van der Waals surface area contributed by atoms with E-state index in [0.29, 0.717) is 18.2 Å². The van der Waals surface area contributed by atoms with Gasteiger partial charge in [-0.25, -0.2) is 9.37 Å². The Labute approximate surface area is 213 Å². The molecule has 3 heterocycles. The Balaban J connectivity index is 1.63. The maximum atomic E-state index is 15.1. The van der Waals surface area contributed by atoms with Gasteiger partial charge in [0.05, 0.1) is 16.9 Å². The average Bonchev–Trinajstić information content (AvgIpc) is 3.23. The summed E-state index contributed by atoms with van der Waals surface area (Å²) in [5.41, 5.74) is -0.271. The van der Waals surface area contributed by atoms with Gasteiger partial charge in [-0.15, -0.1) is 0 Å². The standard InChI is InChI=1S/C26H31F4N5O2/c1-16-13-18(26(28,29)30)14-22(32-16)35-21(7-8-23(35)36)25(37)34(3)20-6-4-5-19(27)24(20)33(2)15-17-9-11-31-12-10-17/h4-6,13-14,17,21,31H,7-12,15H2,1-3H3/t21-/m0/s1. The topological polar surface area (TPSA) is 68.8 Å². The fraction of sp³-hybridized carbons (Fsp3) is 0.500. The number of para-hydroxylation sites is 1. The number of rotatable bonds is 6. The van der Waals surface area contributed by atoms with Gasteiger partial charge in [0.2, 0.25) is 11.8 Å². The zero-order valence-electron chi connectivity index (χ0n) is 21.1. The van der Waals surface area contributed by atoms with Crippen molar-refractivity contribution in [1.82, 2.24) is 10.3 Å². The number of likely N-dealkylation sites (N-methyl/N-ethyl adjacent to an activating group) is 1. The van der Waals surface area contributed by atoms with Crippen LogP contribution >= 0.6 is 0 Å². The molecule has 2 aromatic rings. The van der Waals surface area contributed by atoms with Gasteiger partial charge in [0.25, 0.3) is 0 Å². The molecule has 0 bridgehead atoms. The first kappa shape index (κ1) is 26.8. The van der Waals surface area contributed by atoms with E-state index < -0.39 is 35.4 Å². The third-order valence-corrected chi connectivity index (χ3v) is 7.04. The molecule has 0 spiro atoms. The number of alkyl halides is 3. The molecule has 2 saturated heterocycles. The number of hydrogen-bond acceptors (Lipinski definition) is 5. The molecule has 0 radical (unpaired) electrons. The third-order valence-electron chi connectivity index (χ3n) is 7.04. The van der Waals surface area contributed by atoms with Crippen LogP contribution in [-0.4, -0.2) is 56.6 Å². The summed E-state index contributed by atoms with van der Waals surface area (Å²) in [7, 11) is 3.27. The van der Waals surface area contributed by atoms with E-state index in [1.807, 2.05) is 0 Å². The molecule has 11 heteroatoms. The van der Waals surface area contributed by atoms with Gasteiger partial charge in [-0.2, -0.15) is 13.2 Å². The summed E-state index contributed by atoms with van der Waals surface area (Å²) in [4.78, 5) is 34.6. The number of nitrogens with one attached hydrogen (secondary N) is 1. The number of amides is 2. The Bertz CT molecular complexity index is 1170. The first-order valence-electron chi connectivity index (χ1n) is 12.3. The van der Waals surface area contributed by atoms with Gasteiger partial charge < -0.3 is 15.1 Å². The maximum absolute atomic E-state index is 15.1. The molecule has 1 N–H and O–H groups in total. The molecule has 0 aliphatic carbocycles. The van der Waals surface area contributed by atoms with Gasteiger partial charge in [0, 0.05) is 32.8 Å². The summed E-state index contributed by atoms with van der Waals surface area (Å²) in [6.45, 7) is 3.81. The number of nitrogens with zero attached hydrogens (tertiary/aromatic N) is 4. The number of aromatic nitrogens is 1. The zero-order chi connectivity index (χ0) is 26.9. The lowest BCUT2D eigenvalue weighted by Gasteiger charge is -2.33. The Kier molecular flexibility index (Phi) is 7.72. The van der Waals surface area contributed by atoms with Crippen LogP contribution in [-0.2, 0) is 15.8 Å². The van der Waals surface area contributed by atoms with E-state index in [1.165, 1.54) is 31.0 Å². The molecule has 4 rings (SSSR count). The Morgan fingerprint density at radius 2 is 1.86 bits per heavy atom. The van der Waals surface area contributed by atoms with Crippen molar-refractivity contribution in [3.05, 3.63) is 47.4 Å². The number of hydrogen-bond donors (Lipinski definition) is 1. The fourth-order valence-corrected chi connectivity index (χ4v) is 5.18. The van der Waals surface area contributed by atoms with Gasteiger partial charge in [-0.05, 0) is 69.5 Å². The molecule has 2 aliphatic heterocycles. The van der Waals surface area contributed by atoms with Crippen LogP contribution < -0.4 is 20.0 Å². The third kappa shape index (κ3) is 5.71. The molecule has 1 atom stereocenters. The van der Waals surface area contributed by atoms with Crippen molar-refractivity contribution in [2.24, 2.45) is 5.92 Å². The van der Waals surface area contributed by atoms with Crippen LogP contribution in [0.3, 0.4) is 0 Å². The number of benzene rings is 1. The van der Waals surface area contributed by atoms with E-state index >= 15 is 4.39 Å². The van der Waals surface area contributed by atoms with E-state index in [1.54, 1.807) is 18.0 Å². The second kappa shape index (κ2) is 10.6. The molecular formula is C26H31F4N5O2. The zero-order valence-corrected chi connectivity index (χ0v) is 21.1. The van der Waals surface area contributed by atoms with Crippen molar-refractivity contribution in [3.63, 3.8) is 0 Å². The fourth-order valence-electron chi connectivity index (χ4n) is 5.18. The highest BCUT2D eigenvalue weighted by molar-refractivity contribution is 6.09. The summed E-state index contributed by atoms with van der Waals surface area (Å²) < 4.78 is 55.3. The monoisotopic (exact) mass is 521 g/mol. The Morgan fingerprint density at radius 1 is 1.16 bits per heavy atom. The molecule has 2 aliphatic rings. The van der Waals surface area contributed by atoms with Crippen molar-refractivity contribution in [3.8, 4) is 0 Å². The summed E-state index contributed by atoms with van der Waals surface area (Å²) in [5.74, 6) is -1.34. The van der Waals surface area contributed by atoms with Crippen LogP contribution in [0.4, 0.5) is 34.8 Å². The molecule has 2 amide bonds. The van der Waals surface area contributed by atoms with Crippen molar-refractivity contribution < 1.29 is 27.2 Å². The average molecular weight is 522 g/mol. The first-order valence-corrected chi connectivity index (χ1v) is 12.3. The molecule has 37 heavy (non-hydrogen) atoms. The van der Waals surface area contributed by atoms with Crippen molar-refractivity contribution in [1.29, 1.82) is 0 Å². The Morgan fingerprint density at radius 3 is 2.54 bits per heavy atom. The minimum absolute atomic E-state index is 0.00710. The van der Waals surface area contributed by atoms with Crippen molar-refractivity contribution in [2.75, 3.05) is 48.4 Å². The SMILES string of the molecule is Cc1cc(C(F)(F)F)cc(N2C(=O)CC[C@H]2C(=O)N(C)c2cccc(F)c2N(C)CC2CCNCC2)n1. The minimum atomic E-state index is -4.63. The van der Waals surface area contributed by atoms with Gasteiger partial charge in [0.1, 0.15) is 17.7 Å². The molecule has 200 valence electrons. The summed E-state index contributed by atoms with van der Waals surface area (Å²) >= 11 is 0. The highest BCUT2D eigenvalue weighted by Crippen LogP contribution is 2.36. The van der Waals surface area contributed by atoms with Crippen molar-refractivity contribution in [2.45, 2.75) is 44.8 Å². The quantitative estimate of drug-likeness (QED) is 0.579. The van der Waals surface area contributed by atoms with Gasteiger partial charge in [0.15, 0.2) is 0 Å². The highest BCUT2D eigenvalue weighted by Gasteiger charge is 2.41. The molecule has 0 unspecified atom stereocenters. The molecular weight excluding hydrogens is 490 g/mol. The largest absolute Gasteiger partial charge is 0.416 e. The first-order chi connectivity index (χ1) is 17.5. The minimum Gasteiger partial charge on any atom is -0.370 e. The molecule has 1 aromatic heterocycles. The lowest BCUT2D eigenvalue weighted by Crippen LogP contribution is -2.46. The van der Waals surface area contributed by atoms with Crippen molar-refractivity contribution >= 4 is 29.0 Å².